The van der Waals surface area contributed by atoms with Crippen LogP contribution >= 0.6 is 11.3 Å². The molecule has 6 heteroatoms. The molecule has 0 atom stereocenters. The second-order valence-corrected chi connectivity index (χ2v) is 15.4. The van der Waals surface area contributed by atoms with E-state index >= 15 is 0 Å². The minimum atomic E-state index is 0.560. The monoisotopic (exact) mass is 746 g/mol. The Morgan fingerprint density at radius 3 is 1.84 bits per heavy atom. The molecule has 4 aromatic heterocycles. The number of rotatable bonds is 5. The highest BCUT2D eigenvalue weighted by molar-refractivity contribution is 7.26. The van der Waals surface area contributed by atoms with Crippen molar-refractivity contribution in [3.05, 3.63) is 182 Å². The molecule has 0 amide bonds. The van der Waals surface area contributed by atoms with Crippen LogP contribution in [0.3, 0.4) is 0 Å². The van der Waals surface area contributed by atoms with Gasteiger partial charge in [-0.05, 0) is 58.7 Å². The molecule has 57 heavy (non-hydrogen) atoms. The van der Waals surface area contributed by atoms with Crippen molar-refractivity contribution in [1.29, 1.82) is 0 Å². The van der Waals surface area contributed by atoms with E-state index in [-0.39, 0.29) is 0 Å². The van der Waals surface area contributed by atoms with Crippen LogP contribution in [0.25, 0.3) is 115 Å². The molecular formula is C51H30N4OS. The Hall–Kier alpha value is -7.41. The predicted octanol–water partition coefficient (Wildman–Crippen LogP) is 13.9. The number of benzene rings is 8. The van der Waals surface area contributed by atoms with Crippen LogP contribution < -0.4 is 0 Å². The van der Waals surface area contributed by atoms with Crippen molar-refractivity contribution in [3.63, 3.8) is 0 Å². The molecule has 8 aromatic carbocycles. The fourth-order valence-electron chi connectivity index (χ4n) is 8.45. The maximum Gasteiger partial charge on any atom is 0.238 e. The van der Waals surface area contributed by atoms with Crippen molar-refractivity contribution in [2.75, 3.05) is 0 Å². The van der Waals surface area contributed by atoms with Crippen LogP contribution in [0.2, 0.25) is 0 Å². The van der Waals surface area contributed by atoms with Crippen molar-refractivity contribution in [1.82, 2.24) is 19.5 Å². The van der Waals surface area contributed by atoms with Crippen LogP contribution in [0.4, 0.5) is 0 Å². The Labute approximate surface area is 330 Å². The van der Waals surface area contributed by atoms with Crippen LogP contribution in [0.5, 0.6) is 0 Å². The summed E-state index contributed by atoms with van der Waals surface area (Å²) in [5.74, 6) is 1.74. The van der Waals surface area contributed by atoms with Gasteiger partial charge in [0.15, 0.2) is 11.6 Å². The summed E-state index contributed by atoms with van der Waals surface area (Å²) in [5, 5.41) is 6.91. The summed E-state index contributed by atoms with van der Waals surface area (Å²) in [6, 6.07) is 63.7. The average Bonchev–Trinajstić information content (AvgIpc) is 3.95. The molecule has 5 nitrogen and oxygen atoms in total. The van der Waals surface area contributed by atoms with Gasteiger partial charge in [0.05, 0.1) is 11.0 Å². The van der Waals surface area contributed by atoms with E-state index in [4.69, 9.17) is 19.4 Å². The van der Waals surface area contributed by atoms with Crippen molar-refractivity contribution in [3.8, 4) is 51.0 Å². The molecule has 12 rings (SSSR count). The number of nitrogens with zero attached hydrogens (tertiary/aromatic N) is 4. The van der Waals surface area contributed by atoms with E-state index < -0.39 is 0 Å². The van der Waals surface area contributed by atoms with Crippen LogP contribution in [-0.4, -0.2) is 19.5 Å². The van der Waals surface area contributed by atoms with Crippen molar-refractivity contribution >= 4 is 75.3 Å². The highest BCUT2D eigenvalue weighted by atomic mass is 32.1. The molecule has 0 saturated heterocycles. The van der Waals surface area contributed by atoms with Gasteiger partial charge in [-0.3, -0.25) is 4.57 Å². The second kappa shape index (κ2) is 12.6. The summed E-state index contributed by atoms with van der Waals surface area (Å²) in [5.41, 5.74) is 10.2. The normalized spacial score (nSPS) is 11.9. The Morgan fingerprint density at radius 1 is 0.404 bits per heavy atom. The maximum atomic E-state index is 6.54. The van der Waals surface area contributed by atoms with E-state index in [0.717, 1.165) is 66.0 Å². The molecule has 4 heterocycles. The van der Waals surface area contributed by atoms with E-state index in [1.807, 2.05) is 53.8 Å². The van der Waals surface area contributed by atoms with Gasteiger partial charge in [-0.25, -0.2) is 4.98 Å². The molecule has 0 fully saturated rings. The topological polar surface area (TPSA) is 56.7 Å². The lowest BCUT2D eigenvalue weighted by Gasteiger charge is -2.11. The number of hydrogen-bond acceptors (Lipinski definition) is 5. The largest absolute Gasteiger partial charge is 0.456 e. The number of thiophene rings is 1. The smallest absolute Gasteiger partial charge is 0.238 e. The predicted molar refractivity (Wildman–Crippen MR) is 236 cm³/mol. The van der Waals surface area contributed by atoms with Crippen molar-refractivity contribution in [2.45, 2.75) is 0 Å². The minimum absolute atomic E-state index is 0.560. The lowest BCUT2D eigenvalue weighted by molar-refractivity contribution is 0.669. The van der Waals surface area contributed by atoms with Crippen LogP contribution in [0.15, 0.2) is 186 Å². The van der Waals surface area contributed by atoms with Gasteiger partial charge < -0.3 is 4.42 Å². The summed E-state index contributed by atoms with van der Waals surface area (Å²) in [6.45, 7) is 0. The fraction of sp³-hybridized carbons (Fsp3) is 0. The van der Waals surface area contributed by atoms with E-state index in [9.17, 15) is 0 Å². The van der Waals surface area contributed by atoms with Gasteiger partial charge in [0.2, 0.25) is 5.95 Å². The van der Waals surface area contributed by atoms with Gasteiger partial charge in [0, 0.05) is 52.8 Å². The summed E-state index contributed by atoms with van der Waals surface area (Å²) >= 11 is 1.85. The van der Waals surface area contributed by atoms with Crippen LogP contribution in [0, 0.1) is 0 Å². The first-order chi connectivity index (χ1) is 28.2. The molecule has 12 aromatic rings. The summed E-state index contributed by atoms with van der Waals surface area (Å²) in [4.78, 5) is 15.6. The van der Waals surface area contributed by atoms with Crippen molar-refractivity contribution in [2.24, 2.45) is 0 Å². The van der Waals surface area contributed by atoms with Gasteiger partial charge in [0.1, 0.15) is 11.2 Å². The van der Waals surface area contributed by atoms with Crippen molar-refractivity contribution < 1.29 is 4.42 Å². The maximum absolute atomic E-state index is 6.54. The molecule has 0 spiro atoms. The summed E-state index contributed by atoms with van der Waals surface area (Å²) < 4.78 is 11.3. The average molecular weight is 747 g/mol. The molecule has 0 aliphatic heterocycles. The first kappa shape index (κ1) is 31.9. The zero-order valence-corrected chi connectivity index (χ0v) is 31.2. The van der Waals surface area contributed by atoms with E-state index in [1.165, 1.54) is 31.3 Å². The minimum Gasteiger partial charge on any atom is -0.456 e. The number of aromatic nitrogens is 4. The number of furan rings is 1. The van der Waals surface area contributed by atoms with Gasteiger partial charge >= 0.3 is 0 Å². The summed E-state index contributed by atoms with van der Waals surface area (Å²) in [6.07, 6.45) is 0. The molecule has 0 radical (unpaired) electrons. The lowest BCUT2D eigenvalue weighted by atomic mass is 9.99. The highest BCUT2D eigenvalue weighted by Gasteiger charge is 2.21. The van der Waals surface area contributed by atoms with Gasteiger partial charge in [-0.1, -0.05) is 146 Å². The molecular weight excluding hydrogens is 717 g/mol. The first-order valence-corrected chi connectivity index (χ1v) is 19.8. The molecule has 0 N–H and O–H groups in total. The number of para-hydroxylation sites is 1. The Bertz CT molecular complexity index is 3510. The third kappa shape index (κ3) is 5.04. The molecule has 0 aliphatic rings. The molecule has 266 valence electrons. The van der Waals surface area contributed by atoms with Crippen LogP contribution in [0.1, 0.15) is 0 Å². The Morgan fingerprint density at radius 2 is 1.05 bits per heavy atom. The lowest BCUT2D eigenvalue weighted by Crippen LogP contribution is -2.06. The standard InChI is InChI=1S/C51H30N4OS/c1-4-14-31(15-5-1)35-21-13-25-44-47(35)39-27-26-34(28-45(39)56-44)50-52-49(33-18-8-3-9-19-33)53-51(54-50)55-42-24-11-10-20-37(42)40-30-46-41(29-43(40)55)38-23-12-22-36(48(38)57-46)32-16-6-2-7-17-32/h1-30H. The summed E-state index contributed by atoms with van der Waals surface area (Å²) in [7, 11) is 0. The number of hydrogen-bond donors (Lipinski definition) is 0. The van der Waals surface area contributed by atoms with Gasteiger partial charge in [-0.2, -0.15) is 9.97 Å². The van der Waals surface area contributed by atoms with Gasteiger partial charge in [0.25, 0.3) is 0 Å². The first-order valence-electron chi connectivity index (χ1n) is 19.0. The van der Waals surface area contributed by atoms with E-state index in [2.05, 4.69) is 144 Å². The van der Waals surface area contributed by atoms with E-state index in [0.29, 0.717) is 17.6 Å². The fourth-order valence-corrected chi connectivity index (χ4v) is 9.71. The van der Waals surface area contributed by atoms with Gasteiger partial charge in [-0.15, -0.1) is 11.3 Å². The second-order valence-electron chi connectivity index (χ2n) is 14.4. The molecule has 0 aliphatic carbocycles. The zero-order chi connectivity index (χ0) is 37.5. The van der Waals surface area contributed by atoms with Crippen LogP contribution in [-0.2, 0) is 0 Å². The van der Waals surface area contributed by atoms with E-state index in [1.54, 1.807) is 0 Å². The third-order valence-electron chi connectivity index (χ3n) is 11.1. The molecule has 0 unspecified atom stereocenters. The Kier molecular flexibility index (Phi) is 7.03. The highest BCUT2D eigenvalue weighted by Crippen LogP contribution is 2.44. The Balaban J connectivity index is 1.09. The molecule has 0 bridgehead atoms. The SMILES string of the molecule is c1ccc(-c2nc(-c3ccc4c(c3)oc3cccc(-c5ccccc5)c34)nc(-n3c4ccccc4c4cc5sc6c(-c7ccccc7)cccc6c5cc43)n2)cc1. The quantitative estimate of drug-likeness (QED) is 0.176. The number of fused-ring (bicyclic) bond motifs is 9. The molecule has 0 saturated carbocycles. The zero-order valence-electron chi connectivity index (χ0n) is 30.4. The third-order valence-corrected chi connectivity index (χ3v) is 12.3.